The molecule has 1 amide bonds. The van der Waals surface area contributed by atoms with Gasteiger partial charge in [0.15, 0.2) is 5.79 Å². The predicted octanol–water partition coefficient (Wildman–Crippen LogP) is 2.57. The SMILES string of the molecule is Cc1cccc(Cn2cccc(C(=O)N3CCC4(CC3)OC[C@H](C)O4)c2=O)c1. The first-order valence-corrected chi connectivity index (χ1v) is 9.82. The van der Waals surface area contributed by atoms with Crippen molar-refractivity contribution in [3.8, 4) is 0 Å². The molecule has 1 aromatic heterocycles. The van der Waals surface area contributed by atoms with Gasteiger partial charge in [0.1, 0.15) is 5.56 Å². The first-order chi connectivity index (χ1) is 13.5. The van der Waals surface area contributed by atoms with Crippen LogP contribution in [0, 0.1) is 6.92 Å². The molecule has 0 saturated carbocycles. The summed E-state index contributed by atoms with van der Waals surface area (Å²) in [4.78, 5) is 27.6. The van der Waals surface area contributed by atoms with E-state index in [1.165, 1.54) is 0 Å². The Balaban J connectivity index is 1.49. The van der Waals surface area contributed by atoms with Crippen LogP contribution >= 0.6 is 0 Å². The van der Waals surface area contributed by atoms with Crippen molar-refractivity contribution in [3.63, 3.8) is 0 Å². The summed E-state index contributed by atoms with van der Waals surface area (Å²) < 4.78 is 13.3. The van der Waals surface area contributed by atoms with Gasteiger partial charge in [-0.1, -0.05) is 29.8 Å². The van der Waals surface area contributed by atoms with Gasteiger partial charge in [-0.2, -0.15) is 0 Å². The molecular formula is C22H26N2O4. The number of pyridine rings is 1. The number of carbonyl (C=O) groups is 1. The Hall–Kier alpha value is -2.44. The molecule has 6 heteroatoms. The molecule has 28 heavy (non-hydrogen) atoms. The van der Waals surface area contributed by atoms with Crippen molar-refractivity contribution in [1.82, 2.24) is 9.47 Å². The molecule has 2 saturated heterocycles. The maximum Gasteiger partial charge on any atom is 0.263 e. The van der Waals surface area contributed by atoms with E-state index in [0.29, 0.717) is 39.1 Å². The summed E-state index contributed by atoms with van der Waals surface area (Å²) in [7, 11) is 0. The molecule has 1 spiro atoms. The van der Waals surface area contributed by atoms with Crippen molar-refractivity contribution in [2.45, 2.75) is 45.1 Å². The normalized spacial score (nSPS) is 21.2. The van der Waals surface area contributed by atoms with Crippen molar-refractivity contribution < 1.29 is 14.3 Å². The standard InChI is InChI=1S/C22H26N2O4/c1-16-5-3-6-18(13-16)14-24-10-4-7-19(21(24)26)20(25)23-11-8-22(9-12-23)27-15-17(2)28-22/h3-7,10,13,17H,8-9,11-12,14-15H2,1-2H3/t17-/m0/s1. The number of likely N-dealkylation sites (tertiary alicyclic amines) is 1. The number of rotatable bonds is 3. The van der Waals surface area contributed by atoms with Gasteiger partial charge in [-0.15, -0.1) is 0 Å². The Bertz CT molecular complexity index is 928. The molecule has 0 N–H and O–H groups in total. The third-order valence-corrected chi connectivity index (χ3v) is 5.50. The molecule has 1 atom stereocenters. The minimum atomic E-state index is -0.557. The quantitative estimate of drug-likeness (QED) is 0.819. The highest BCUT2D eigenvalue weighted by molar-refractivity contribution is 5.93. The first kappa shape index (κ1) is 18.9. The second kappa shape index (κ2) is 7.53. The largest absolute Gasteiger partial charge is 0.347 e. The Morgan fingerprint density at radius 3 is 2.68 bits per heavy atom. The van der Waals surface area contributed by atoms with Gasteiger partial charge < -0.3 is 18.9 Å². The summed E-state index contributed by atoms with van der Waals surface area (Å²) in [6, 6.07) is 11.4. The van der Waals surface area contributed by atoms with Gasteiger partial charge in [0.25, 0.3) is 11.5 Å². The van der Waals surface area contributed by atoms with Crippen LogP contribution in [-0.4, -0.2) is 47.0 Å². The zero-order valence-electron chi connectivity index (χ0n) is 16.4. The fourth-order valence-corrected chi connectivity index (χ4v) is 4.02. The topological polar surface area (TPSA) is 60.8 Å². The number of ether oxygens (including phenoxy) is 2. The average Bonchev–Trinajstić information content (AvgIpc) is 3.04. The minimum Gasteiger partial charge on any atom is -0.347 e. The molecule has 6 nitrogen and oxygen atoms in total. The fraction of sp³-hybridized carbons (Fsp3) is 0.455. The monoisotopic (exact) mass is 382 g/mol. The summed E-state index contributed by atoms with van der Waals surface area (Å²) in [5.41, 5.74) is 2.14. The van der Waals surface area contributed by atoms with E-state index in [1.807, 2.05) is 38.1 Å². The summed E-state index contributed by atoms with van der Waals surface area (Å²) in [5, 5.41) is 0. The van der Waals surface area contributed by atoms with Gasteiger partial charge in [-0.05, 0) is 31.5 Å². The number of hydrogen-bond donors (Lipinski definition) is 0. The second-order valence-electron chi connectivity index (χ2n) is 7.79. The predicted molar refractivity (Wildman–Crippen MR) is 105 cm³/mol. The molecular weight excluding hydrogens is 356 g/mol. The van der Waals surface area contributed by atoms with Gasteiger partial charge in [-0.3, -0.25) is 9.59 Å². The van der Waals surface area contributed by atoms with E-state index in [0.717, 1.165) is 11.1 Å². The Morgan fingerprint density at radius 2 is 2.00 bits per heavy atom. The lowest BCUT2D eigenvalue weighted by Crippen LogP contribution is -2.48. The molecule has 4 rings (SSSR count). The third kappa shape index (κ3) is 3.75. The lowest BCUT2D eigenvalue weighted by Gasteiger charge is -2.37. The van der Waals surface area contributed by atoms with E-state index in [1.54, 1.807) is 27.8 Å². The average molecular weight is 382 g/mol. The number of hydrogen-bond acceptors (Lipinski definition) is 4. The number of nitrogens with zero attached hydrogens (tertiary/aromatic N) is 2. The van der Waals surface area contributed by atoms with Crippen molar-refractivity contribution in [2.75, 3.05) is 19.7 Å². The molecule has 1 aromatic carbocycles. The number of benzene rings is 1. The van der Waals surface area contributed by atoms with Crippen LogP contribution in [0.1, 0.15) is 41.3 Å². The maximum atomic E-state index is 13.0. The number of piperidine rings is 1. The number of amides is 1. The first-order valence-electron chi connectivity index (χ1n) is 9.82. The van der Waals surface area contributed by atoms with E-state index in [2.05, 4.69) is 0 Å². The van der Waals surface area contributed by atoms with Gasteiger partial charge in [0, 0.05) is 32.1 Å². The van der Waals surface area contributed by atoms with Crippen LogP contribution in [0.4, 0.5) is 0 Å². The van der Waals surface area contributed by atoms with E-state index < -0.39 is 5.79 Å². The molecule has 2 aliphatic rings. The molecule has 2 aromatic rings. The van der Waals surface area contributed by atoms with Crippen LogP contribution in [-0.2, 0) is 16.0 Å². The van der Waals surface area contributed by atoms with Crippen LogP contribution in [0.3, 0.4) is 0 Å². The lowest BCUT2D eigenvalue weighted by atomic mass is 10.0. The highest BCUT2D eigenvalue weighted by Crippen LogP contribution is 2.34. The van der Waals surface area contributed by atoms with Crippen LogP contribution in [0.2, 0.25) is 0 Å². The Kier molecular flexibility index (Phi) is 5.08. The molecule has 3 heterocycles. The highest BCUT2D eigenvalue weighted by atomic mass is 16.7. The van der Waals surface area contributed by atoms with E-state index >= 15 is 0 Å². The highest BCUT2D eigenvalue weighted by Gasteiger charge is 2.43. The van der Waals surface area contributed by atoms with Gasteiger partial charge >= 0.3 is 0 Å². The van der Waals surface area contributed by atoms with Gasteiger partial charge in [0.05, 0.1) is 19.3 Å². The lowest BCUT2D eigenvalue weighted by molar-refractivity contribution is -0.189. The van der Waals surface area contributed by atoms with Gasteiger partial charge in [-0.25, -0.2) is 0 Å². The Labute approximate surface area is 164 Å². The molecule has 0 bridgehead atoms. The number of aryl methyl sites for hydroxylation is 1. The number of carbonyl (C=O) groups excluding carboxylic acids is 1. The smallest absolute Gasteiger partial charge is 0.263 e. The fourth-order valence-electron chi connectivity index (χ4n) is 4.02. The van der Waals surface area contributed by atoms with Crippen molar-refractivity contribution in [1.29, 1.82) is 0 Å². The molecule has 0 unspecified atom stereocenters. The summed E-state index contributed by atoms with van der Waals surface area (Å²) in [6.07, 6.45) is 3.08. The summed E-state index contributed by atoms with van der Waals surface area (Å²) >= 11 is 0. The molecule has 0 radical (unpaired) electrons. The van der Waals surface area contributed by atoms with Gasteiger partial charge in [0.2, 0.25) is 0 Å². The van der Waals surface area contributed by atoms with Crippen LogP contribution in [0.5, 0.6) is 0 Å². The number of aromatic nitrogens is 1. The maximum absolute atomic E-state index is 13.0. The zero-order chi connectivity index (χ0) is 19.7. The van der Waals surface area contributed by atoms with Crippen molar-refractivity contribution in [3.05, 3.63) is 69.6 Å². The minimum absolute atomic E-state index is 0.0881. The second-order valence-corrected chi connectivity index (χ2v) is 7.79. The molecule has 2 fully saturated rings. The van der Waals surface area contributed by atoms with E-state index in [4.69, 9.17) is 9.47 Å². The van der Waals surface area contributed by atoms with Crippen molar-refractivity contribution >= 4 is 5.91 Å². The van der Waals surface area contributed by atoms with E-state index in [9.17, 15) is 9.59 Å². The zero-order valence-corrected chi connectivity index (χ0v) is 16.4. The summed E-state index contributed by atoms with van der Waals surface area (Å²) in [5.74, 6) is -0.775. The summed E-state index contributed by atoms with van der Waals surface area (Å²) in [6.45, 7) is 6.11. The van der Waals surface area contributed by atoms with Crippen LogP contribution in [0.15, 0.2) is 47.4 Å². The van der Waals surface area contributed by atoms with Crippen LogP contribution < -0.4 is 5.56 Å². The van der Waals surface area contributed by atoms with E-state index in [-0.39, 0.29) is 23.1 Å². The molecule has 148 valence electrons. The Morgan fingerprint density at radius 1 is 1.21 bits per heavy atom. The molecule has 0 aliphatic carbocycles. The molecule has 2 aliphatic heterocycles. The third-order valence-electron chi connectivity index (χ3n) is 5.50. The van der Waals surface area contributed by atoms with Crippen molar-refractivity contribution in [2.24, 2.45) is 0 Å². The van der Waals surface area contributed by atoms with Crippen LogP contribution in [0.25, 0.3) is 0 Å².